The fourth-order valence-electron chi connectivity index (χ4n) is 2.15. The molecule has 0 unspecified atom stereocenters. The first kappa shape index (κ1) is 13.2. The number of benzene rings is 1. The monoisotopic (exact) mass is 305 g/mol. The van der Waals surface area contributed by atoms with E-state index in [9.17, 15) is 9.90 Å². The van der Waals surface area contributed by atoms with Gasteiger partial charge in [-0.25, -0.2) is 4.98 Å². The standard InChI is InChI=1S/C13H11N3O2S2/c17-5-4-16-10(6-11(18)15-13(16)19)8-2-1-3-9-12(8)20-7-14-9/h1-3,6-7,17H,4-5H2,(H,15,18,19). The maximum absolute atomic E-state index is 11.7. The van der Waals surface area contributed by atoms with E-state index in [1.54, 1.807) is 10.1 Å². The molecule has 2 heterocycles. The van der Waals surface area contributed by atoms with Gasteiger partial charge in [0.25, 0.3) is 5.56 Å². The Balaban J connectivity index is 2.36. The van der Waals surface area contributed by atoms with E-state index in [4.69, 9.17) is 12.2 Å². The van der Waals surface area contributed by atoms with Crippen LogP contribution in [0.2, 0.25) is 0 Å². The molecule has 0 aliphatic rings. The van der Waals surface area contributed by atoms with E-state index in [-0.39, 0.29) is 12.2 Å². The number of thiazole rings is 1. The van der Waals surface area contributed by atoms with Crippen LogP contribution < -0.4 is 5.56 Å². The molecule has 5 nitrogen and oxygen atoms in total. The van der Waals surface area contributed by atoms with Crippen LogP contribution in [0.25, 0.3) is 21.5 Å². The van der Waals surface area contributed by atoms with Crippen molar-refractivity contribution in [1.29, 1.82) is 0 Å². The highest BCUT2D eigenvalue weighted by Crippen LogP contribution is 2.30. The van der Waals surface area contributed by atoms with Crippen LogP contribution in [0.3, 0.4) is 0 Å². The summed E-state index contributed by atoms with van der Waals surface area (Å²) >= 11 is 6.69. The second-order valence-corrected chi connectivity index (χ2v) is 5.45. The zero-order valence-corrected chi connectivity index (χ0v) is 12.0. The van der Waals surface area contributed by atoms with Crippen molar-refractivity contribution in [2.45, 2.75) is 6.54 Å². The molecular weight excluding hydrogens is 294 g/mol. The van der Waals surface area contributed by atoms with Gasteiger partial charge in [0.2, 0.25) is 0 Å². The number of fused-ring (bicyclic) bond motifs is 1. The smallest absolute Gasteiger partial charge is 0.252 e. The first-order valence-corrected chi connectivity index (χ1v) is 7.27. The summed E-state index contributed by atoms with van der Waals surface area (Å²) in [5.41, 5.74) is 4.00. The quantitative estimate of drug-likeness (QED) is 0.728. The minimum absolute atomic E-state index is 0.0496. The lowest BCUT2D eigenvalue weighted by Crippen LogP contribution is -2.16. The summed E-state index contributed by atoms with van der Waals surface area (Å²) in [7, 11) is 0. The van der Waals surface area contributed by atoms with Gasteiger partial charge in [0, 0.05) is 18.2 Å². The fraction of sp³-hybridized carbons (Fsp3) is 0.154. The molecule has 0 atom stereocenters. The van der Waals surface area contributed by atoms with Gasteiger partial charge in [0.05, 0.1) is 28.0 Å². The van der Waals surface area contributed by atoms with Gasteiger partial charge >= 0.3 is 0 Å². The van der Waals surface area contributed by atoms with Gasteiger partial charge in [-0.15, -0.1) is 11.3 Å². The molecule has 2 aromatic heterocycles. The van der Waals surface area contributed by atoms with Crippen molar-refractivity contribution in [3.8, 4) is 11.3 Å². The Labute approximate surface area is 123 Å². The molecule has 0 aliphatic carbocycles. The minimum Gasteiger partial charge on any atom is -0.395 e. The molecule has 7 heteroatoms. The van der Waals surface area contributed by atoms with Gasteiger partial charge in [-0.2, -0.15) is 0 Å². The van der Waals surface area contributed by atoms with Crippen molar-refractivity contribution in [3.63, 3.8) is 0 Å². The minimum atomic E-state index is -0.249. The summed E-state index contributed by atoms with van der Waals surface area (Å²) in [5.74, 6) is 0. The van der Waals surface area contributed by atoms with Crippen molar-refractivity contribution in [2.75, 3.05) is 6.61 Å². The van der Waals surface area contributed by atoms with Gasteiger partial charge < -0.3 is 9.67 Å². The van der Waals surface area contributed by atoms with Crippen LogP contribution in [-0.4, -0.2) is 26.2 Å². The number of aliphatic hydroxyl groups excluding tert-OH is 1. The van der Waals surface area contributed by atoms with Crippen molar-refractivity contribution in [2.24, 2.45) is 0 Å². The summed E-state index contributed by atoms with van der Waals surface area (Å²) in [5, 5.41) is 9.19. The third-order valence-electron chi connectivity index (χ3n) is 2.99. The van der Waals surface area contributed by atoms with Gasteiger partial charge in [0.15, 0.2) is 4.77 Å². The van der Waals surface area contributed by atoms with Crippen LogP contribution in [0.4, 0.5) is 0 Å². The number of aromatic amines is 1. The lowest BCUT2D eigenvalue weighted by Gasteiger charge is -2.12. The Morgan fingerprint density at radius 2 is 2.30 bits per heavy atom. The molecule has 0 radical (unpaired) electrons. The van der Waals surface area contributed by atoms with E-state index in [0.717, 1.165) is 15.8 Å². The summed E-state index contributed by atoms with van der Waals surface area (Å²) < 4.78 is 3.04. The lowest BCUT2D eigenvalue weighted by atomic mass is 10.1. The molecule has 0 fully saturated rings. The van der Waals surface area contributed by atoms with Gasteiger partial charge in [-0.3, -0.25) is 9.78 Å². The van der Waals surface area contributed by atoms with Crippen molar-refractivity contribution in [3.05, 3.63) is 44.9 Å². The first-order valence-electron chi connectivity index (χ1n) is 5.98. The Morgan fingerprint density at radius 1 is 1.45 bits per heavy atom. The topological polar surface area (TPSA) is 70.9 Å². The maximum atomic E-state index is 11.7. The molecule has 0 bridgehead atoms. The van der Waals surface area contributed by atoms with Crippen LogP contribution in [0.15, 0.2) is 34.6 Å². The molecule has 0 aliphatic heterocycles. The van der Waals surface area contributed by atoms with Gasteiger partial charge in [0.1, 0.15) is 0 Å². The Hall–Kier alpha value is -1.83. The summed E-state index contributed by atoms with van der Waals surface area (Å²) in [6.45, 7) is 0.284. The maximum Gasteiger partial charge on any atom is 0.252 e. The van der Waals surface area contributed by atoms with Crippen molar-refractivity contribution >= 4 is 33.8 Å². The molecular formula is C13H11N3O2S2. The molecule has 3 rings (SSSR count). The zero-order chi connectivity index (χ0) is 14.1. The Bertz CT molecular complexity index is 879. The van der Waals surface area contributed by atoms with Crippen LogP contribution in [-0.2, 0) is 6.54 Å². The van der Waals surface area contributed by atoms with Gasteiger partial charge in [-0.05, 0) is 18.3 Å². The third-order valence-corrected chi connectivity index (χ3v) is 4.19. The van der Waals surface area contributed by atoms with Gasteiger partial charge in [-0.1, -0.05) is 12.1 Å². The number of aromatic nitrogens is 3. The van der Waals surface area contributed by atoms with E-state index in [1.807, 2.05) is 18.2 Å². The summed E-state index contributed by atoms with van der Waals surface area (Å²) in [6, 6.07) is 7.25. The highest BCUT2D eigenvalue weighted by molar-refractivity contribution is 7.71. The molecule has 2 N–H and O–H groups in total. The number of rotatable bonds is 3. The largest absolute Gasteiger partial charge is 0.395 e. The number of nitrogens with zero attached hydrogens (tertiary/aromatic N) is 2. The number of aliphatic hydroxyl groups is 1. The predicted molar refractivity (Wildman–Crippen MR) is 81.6 cm³/mol. The first-order chi connectivity index (χ1) is 9.70. The molecule has 3 aromatic rings. The summed E-state index contributed by atoms with van der Waals surface area (Å²) in [4.78, 5) is 18.6. The molecule has 20 heavy (non-hydrogen) atoms. The van der Waals surface area contributed by atoms with Crippen LogP contribution in [0.5, 0.6) is 0 Å². The number of hydrogen-bond donors (Lipinski definition) is 2. The van der Waals surface area contributed by atoms with E-state index in [2.05, 4.69) is 9.97 Å². The average Bonchev–Trinajstić information content (AvgIpc) is 2.90. The molecule has 0 saturated carbocycles. The molecule has 1 aromatic carbocycles. The highest BCUT2D eigenvalue weighted by atomic mass is 32.1. The molecule has 0 saturated heterocycles. The van der Waals surface area contributed by atoms with E-state index in [1.165, 1.54) is 17.4 Å². The zero-order valence-electron chi connectivity index (χ0n) is 10.4. The van der Waals surface area contributed by atoms with E-state index in [0.29, 0.717) is 17.0 Å². The highest BCUT2D eigenvalue weighted by Gasteiger charge is 2.11. The van der Waals surface area contributed by atoms with E-state index >= 15 is 0 Å². The third kappa shape index (κ3) is 2.20. The Morgan fingerprint density at radius 3 is 3.10 bits per heavy atom. The van der Waals surface area contributed by atoms with Crippen LogP contribution in [0, 0.1) is 4.77 Å². The second kappa shape index (κ2) is 5.28. The fourth-order valence-corrected chi connectivity index (χ4v) is 3.26. The second-order valence-electron chi connectivity index (χ2n) is 4.21. The molecule has 0 spiro atoms. The SMILES string of the molecule is O=c1cc(-c2cccc3ncsc23)n(CCO)c(=S)[nH]1. The molecule has 102 valence electrons. The van der Waals surface area contributed by atoms with Crippen molar-refractivity contribution in [1.82, 2.24) is 14.5 Å². The molecule has 0 amide bonds. The average molecular weight is 305 g/mol. The number of nitrogens with one attached hydrogen (secondary N) is 1. The number of H-pyrrole nitrogens is 1. The van der Waals surface area contributed by atoms with Crippen LogP contribution in [0.1, 0.15) is 0 Å². The lowest BCUT2D eigenvalue weighted by molar-refractivity contribution is 0.275. The Kier molecular flexibility index (Phi) is 3.47. The van der Waals surface area contributed by atoms with Crippen LogP contribution >= 0.6 is 23.6 Å². The number of hydrogen-bond acceptors (Lipinski definition) is 5. The predicted octanol–water partition coefficient (Wildman–Crippen LogP) is 2.17. The summed E-state index contributed by atoms with van der Waals surface area (Å²) in [6.07, 6.45) is 0. The van der Waals surface area contributed by atoms with E-state index < -0.39 is 0 Å². The van der Waals surface area contributed by atoms with Crippen molar-refractivity contribution < 1.29 is 5.11 Å². The normalized spacial score (nSPS) is 11.1.